The predicted molar refractivity (Wildman–Crippen MR) is 134 cm³/mol. The normalized spacial score (nSPS) is 13.0. The number of carbonyl (C=O) groups is 5. The zero-order chi connectivity index (χ0) is 27.4. The number of nitrogens with one attached hydrogen (secondary N) is 2. The van der Waals surface area contributed by atoms with E-state index in [0.717, 1.165) is 31.4 Å². The number of hydrogen-bond donors (Lipinski definition) is 4. The Balaban J connectivity index is 0.000000717. The molecule has 3 amide bonds. The van der Waals surface area contributed by atoms with E-state index in [2.05, 4.69) is 15.6 Å². The van der Waals surface area contributed by atoms with Crippen LogP contribution in [0.2, 0.25) is 0 Å². The minimum absolute atomic E-state index is 0.0423. The summed E-state index contributed by atoms with van der Waals surface area (Å²) in [5.74, 6) is -5.04. The topological polar surface area (TPSA) is 166 Å². The molecule has 0 aliphatic heterocycles. The molecule has 0 bridgehead atoms. The highest BCUT2D eigenvalue weighted by atomic mass is 32.1. The lowest BCUT2D eigenvalue weighted by atomic mass is 9.95. The van der Waals surface area contributed by atoms with Crippen molar-refractivity contribution in [3.05, 3.63) is 41.2 Å². The van der Waals surface area contributed by atoms with Gasteiger partial charge in [-0.2, -0.15) is 0 Å². The van der Waals surface area contributed by atoms with Crippen molar-refractivity contribution in [1.82, 2.24) is 10.3 Å². The summed E-state index contributed by atoms with van der Waals surface area (Å²) in [6, 6.07) is 5.52. The van der Waals surface area contributed by atoms with Crippen molar-refractivity contribution in [3.63, 3.8) is 0 Å². The van der Waals surface area contributed by atoms with Crippen LogP contribution in [0.15, 0.2) is 29.6 Å². The monoisotopic (exact) mass is 536 g/mol. The van der Waals surface area contributed by atoms with Crippen molar-refractivity contribution in [3.8, 4) is 0 Å². The molecule has 200 valence electrons. The van der Waals surface area contributed by atoms with E-state index in [-0.39, 0.29) is 43.1 Å². The van der Waals surface area contributed by atoms with Gasteiger partial charge in [-0.15, -0.1) is 11.3 Å². The fraction of sp³-hybridized carbons (Fsp3) is 0.417. The number of carbonyl (C=O) groups excluding carboxylic acids is 3. The van der Waals surface area contributed by atoms with Gasteiger partial charge >= 0.3 is 11.9 Å². The van der Waals surface area contributed by atoms with Crippen LogP contribution in [0, 0.1) is 12.7 Å². The van der Waals surface area contributed by atoms with Crippen LogP contribution in [0.4, 0.5) is 15.2 Å². The van der Waals surface area contributed by atoms with Crippen LogP contribution in [0.5, 0.6) is 0 Å². The maximum absolute atomic E-state index is 13.3. The maximum atomic E-state index is 13.3. The SMILES string of the molecule is Cc1csc(NC(=O)CCC(=O)N(CC(=O)NC2CCCCC2)c2ccc(F)cc2)n1.O=C(O)C(=O)O. The number of carboxylic acid groups (broad SMARTS) is 2. The van der Waals surface area contributed by atoms with E-state index in [1.165, 1.54) is 46.9 Å². The zero-order valence-electron chi connectivity index (χ0n) is 20.2. The molecule has 4 N–H and O–H groups in total. The van der Waals surface area contributed by atoms with Gasteiger partial charge in [0.1, 0.15) is 12.4 Å². The summed E-state index contributed by atoms with van der Waals surface area (Å²) >= 11 is 1.31. The predicted octanol–water partition coefficient (Wildman–Crippen LogP) is 2.95. The summed E-state index contributed by atoms with van der Waals surface area (Å²) in [6.07, 6.45) is 5.09. The number of carboxylic acids is 2. The van der Waals surface area contributed by atoms with E-state index in [1.54, 1.807) is 0 Å². The molecule has 2 aromatic rings. The first-order valence-electron chi connectivity index (χ1n) is 11.6. The molecule has 13 heteroatoms. The molecule has 0 atom stereocenters. The Kier molecular flexibility index (Phi) is 11.6. The quantitative estimate of drug-likeness (QED) is 0.374. The minimum Gasteiger partial charge on any atom is -0.473 e. The molecule has 1 aromatic heterocycles. The zero-order valence-corrected chi connectivity index (χ0v) is 21.1. The van der Waals surface area contributed by atoms with Crippen LogP contribution >= 0.6 is 11.3 Å². The van der Waals surface area contributed by atoms with Crippen molar-refractivity contribution in [1.29, 1.82) is 0 Å². The smallest absolute Gasteiger partial charge is 0.414 e. The molecule has 11 nitrogen and oxygen atoms in total. The summed E-state index contributed by atoms with van der Waals surface area (Å²) in [5, 5.41) is 22.7. The van der Waals surface area contributed by atoms with Gasteiger partial charge in [0.2, 0.25) is 17.7 Å². The highest BCUT2D eigenvalue weighted by Crippen LogP contribution is 2.20. The molecule has 37 heavy (non-hydrogen) atoms. The highest BCUT2D eigenvalue weighted by Gasteiger charge is 2.23. The number of rotatable bonds is 8. The van der Waals surface area contributed by atoms with Gasteiger partial charge in [0.15, 0.2) is 5.13 Å². The molecule has 1 saturated carbocycles. The third-order valence-electron chi connectivity index (χ3n) is 5.33. The Labute approximate surface area is 216 Å². The maximum Gasteiger partial charge on any atom is 0.414 e. The molecule has 0 spiro atoms. The van der Waals surface area contributed by atoms with Crippen LogP contribution in [-0.4, -0.2) is 57.4 Å². The van der Waals surface area contributed by atoms with Crippen molar-refractivity contribution in [2.24, 2.45) is 0 Å². The second-order valence-corrected chi connectivity index (χ2v) is 9.17. The average Bonchev–Trinajstić information content (AvgIpc) is 3.27. The van der Waals surface area contributed by atoms with E-state index in [1.807, 2.05) is 12.3 Å². The summed E-state index contributed by atoms with van der Waals surface area (Å²) in [7, 11) is 0. The van der Waals surface area contributed by atoms with Crippen molar-refractivity contribution >= 4 is 51.8 Å². The summed E-state index contributed by atoms with van der Waals surface area (Å²) in [5.41, 5.74) is 1.23. The lowest BCUT2D eigenvalue weighted by Gasteiger charge is -2.26. The van der Waals surface area contributed by atoms with E-state index in [9.17, 15) is 18.8 Å². The number of hydrogen-bond acceptors (Lipinski definition) is 7. The number of aromatic nitrogens is 1. The number of thiazole rings is 1. The van der Waals surface area contributed by atoms with Crippen molar-refractivity contribution in [2.45, 2.75) is 57.9 Å². The number of benzene rings is 1. The first kappa shape index (κ1) is 29.4. The van der Waals surface area contributed by atoms with Gasteiger partial charge in [0.05, 0.1) is 5.69 Å². The first-order valence-corrected chi connectivity index (χ1v) is 12.5. The molecule has 0 unspecified atom stereocenters. The molecular formula is C24H29FN4O7S. The van der Waals surface area contributed by atoms with Gasteiger partial charge in [0, 0.05) is 30.0 Å². The van der Waals surface area contributed by atoms with Gasteiger partial charge < -0.3 is 25.7 Å². The number of halogens is 1. The lowest BCUT2D eigenvalue weighted by molar-refractivity contribution is -0.159. The van der Waals surface area contributed by atoms with Crippen LogP contribution in [-0.2, 0) is 24.0 Å². The van der Waals surface area contributed by atoms with Crippen molar-refractivity contribution < 1.29 is 38.6 Å². The Morgan fingerprint density at radius 3 is 2.16 bits per heavy atom. The Morgan fingerprint density at radius 1 is 1.00 bits per heavy atom. The Bertz CT molecular complexity index is 1090. The largest absolute Gasteiger partial charge is 0.473 e. The van der Waals surface area contributed by atoms with Crippen molar-refractivity contribution in [2.75, 3.05) is 16.8 Å². The average molecular weight is 537 g/mol. The molecule has 1 aliphatic carbocycles. The number of nitrogens with zero attached hydrogens (tertiary/aromatic N) is 2. The molecule has 3 rings (SSSR count). The fourth-order valence-electron chi connectivity index (χ4n) is 3.56. The van der Waals surface area contributed by atoms with Gasteiger partial charge in [-0.05, 0) is 44.0 Å². The fourth-order valence-corrected chi connectivity index (χ4v) is 4.26. The van der Waals surface area contributed by atoms with Crippen LogP contribution in [0.3, 0.4) is 0 Å². The first-order chi connectivity index (χ1) is 17.5. The third kappa shape index (κ3) is 10.7. The molecule has 1 heterocycles. The molecule has 1 aliphatic rings. The number of aryl methyl sites for hydroxylation is 1. The van der Waals surface area contributed by atoms with E-state index >= 15 is 0 Å². The molecule has 1 fully saturated rings. The summed E-state index contributed by atoms with van der Waals surface area (Å²) in [4.78, 5) is 61.3. The number of amides is 3. The van der Waals surface area contributed by atoms with Gasteiger partial charge in [-0.3, -0.25) is 14.4 Å². The van der Waals surface area contributed by atoms with Crippen LogP contribution < -0.4 is 15.5 Å². The number of aliphatic carboxylic acids is 2. The summed E-state index contributed by atoms with van der Waals surface area (Å²) in [6.45, 7) is 1.66. The van der Waals surface area contributed by atoms with Crippen LogP contribution in [0.1, 0.15) is 50.6 Å². The molecular weight excluding hydrogens is 507 g/mol. The molecule has 0 saturated heterocycles. The van der Waals surface area contributed by atoms with Gasteiger partial charge in [0.25, 0.3) is 0 Å². The lowest BCUT2D eigenvalue weighted by Crippen LogP contribution is -2.45. The Morgan fingerprint density at radius 2 is 1.62 bits per heavy atom. The number of anilines is 2. The van der Waals surface area contributed by atoms with Gasteiger partial charge in [-0.25, -0.2) is 19.0 Å². The standard InChI is InChI=1S/C22H27FN4O3S.C2H2O4/c1-15-14-31-22(24-15)26-19(28)11-12-21(30)27(18-9-7-16(23)8-10-18)13-20(29)25-17-5-3-2-4-6-17;3-1(4)2(5)6/h7-10,14,17H,2-6,11-13H2,1H3,(H,25,29)(H,24,26,28);(H,3,4)(H,5,6). The highest BCUT2D eigenvalue weighted by molar-refractivity contribution is 7.13. The van der Waals surface area contributed by atoms with E-state index in [0.29, 0.717) is 10.8 Å². The van der Waals surface area contributed by atoms with Gasteiger partial charge in [-0.1, -0.05) is 19.3 Å². The second kappa shape index (κ2) is 14.6. The molecule has 0 radical (unpaired) electrons. The van der Waals surface area contributed by atoms with E-state index < -0.39 is 17.8 Å². The Hall–Kier alpha value is -3.87. The molecule has 1 aromatic carbocycles. The minimum atomic E-state index is -1.82. The third-order valence-corrected chi connectivity index (χ3v) is 6.20. The second-order valence-electron chi connectivity index (χ2n) is 8.31. The van der Waals surface area contributed by atoms with E-state index in [4.69, 9.17) is 19.8 Å². The summed E-state index contributed by atoms with van der Waals surface area (Å²) < 4.78 is 13.3. The van der Waals surface area contributed by atoms with Crippen LogP contribution in [0.25, 0.3) is 0 Å².